The number of aromatic nitrogens is 2. The second kappa shape index (κ2) is 10.1. The van der Waals surface area contributed by atoms with E-state index in [4.69, 9.17) is 4.42 Å². The SMILES string of the molecule is CC(C)(C)CCN(CCc1nnc(-c2ccccc2Nc2ccc(C(F)(F)F)cc2)o1)C(=O)O. The lowest BCUT2D eigenvalue weighted by Gasteiger charge is -2.24. The van der Waals surface area contributed by atoms with Gasteiger partial charge in [-0.05, 0) is 48.2 Å². The fourth-order valence-electron chi connectivity index (χ4n) is 3.14. The largest absolute Gasteiger partial charge is 0.465 e. The maximum Gasteiger partial charge on any atom is 0.416 e. The van der Waals surface area contributed by atoms with Gasteiger partial charge in [0.25, 0.3) is 0 Å². The lowest BCUT2D eigenvalue weighted by atomic mass is 9.92. The molecule has 34 heavy (non-hydrogen) atoms. The van der Waals surface area contributed by atoms with E-state index in [2.05, 4.69) is 15.5 Å². The molecule has 1 heterocycles. The molecule has 0 bridgehead atoms. The minimum atomic E-state index is -4.40. The third-order valence-electron chi connectivity index (χ3n) is 5.11. The summed E-state index contributed by atoms with van der Waals surface area (Å²) in [5.41, 5.74) is 0.899. The van der Waals surface area contributed by atoms with Gasteiger partial charge >= 0.3 is 12.3 Å². The number of alkyl halides is 3. The molecular formula is C24H27F3N4O3. The summed E-state index contributed by atoms with van der Waals surface area (Å²) in [6.07, 6.45) is -4.43. The zero-order chi connectivity index (χ0) is 24.9. The molecular weight excluding hydrogens is 449 g/mol. The van der Waals surface area contributed by atoms with Gasteiger partial charge in [0.1, 0.15) is 0 Å². The third-order valence-corrected chi connectivity index (χ3v) is 5.11. The van der Waals surface area contributed by atoms with Crippen molar-refractivity contribution < 1.29 is 27.5 Å². The van der Waals surface area contributed by atoms with Crippen LogP contribution < -0.4 is 5.32 Å². The fourth-order valence-corrected chi connectivity index (χ4v) is 3.14. The zero-order valence-electron chi connectivity index (χ0n) is 19.2. The zero-order valence-corrected chi connectivity index (χ0v) is 19.2. The van der Waals surface area contributed by atoms with E-state index in [0.717, 1.165) is 18.6 Å². The van der Waals surface area contributed by atoms with E-state index in [1.54, 1.807) is 24.3 Å². The molecule has 182 valence electrons. The molecule has 2 aromatic carbocycles. The smallest absolute Gasteiger partial charge is 0.416 e. The number of para-hydroxylation sites is 1. The van der Waals surface area contributed by atoms with E-state index < -0.39 is 17.8 Å². The van der Waals surface area contributed by atoms with Crippen LogP contribution in [0.25, 0.3) is 11.5 Å². The quantitative estimate of drug-likeness (QED) is 0.388. The number of amides is 1. The standard InChI is InChI=1S/C24H27F3N4O3/c1-23(2,3)13-15-31(22(32)33)14-12-20-29-30-21(34-20)18-6-4-5-7-19(18)28-17-10-8-16(9-11-17)24(25,26)27/h4-11,28H,12-15H2,1-3H3,(H,32,33). The van der Waals surface area contributed by atoms with E-state index in [0.29, 0.717) is 29.4 Å². The highest BCUT2D eigenvalue weighted by atomic mass is 19.4. The van der Waals surface area contributed by atoms with Crippen molar-refractivity contribution in [2.75, 3.05) is 18.4 Å². The van der Waals surface area contributed by atoms with Crippen LogP contribution in [0.4, 0.5) is 29.3 Å². The van der Waals surface area contributed by atoms with Gasteiger partial charge in [-0.3, -0.25) is 0 Å². The maximum atomic E-state index is 12.8. The van der Waals surface area contributed by atoms with E-state index >= 15 is 0 Å². The molecule has 0 unspecified atom stereocenters. The Labute approximate surface area is 195 Å². The number of hydrogen-bond acceptors (Lipinski definition) is 5. The number of nitrogens with zero attached hydrogens (tertiary/aromatic N) is 3. The van der Waals surface area contributed by atoms with Crippen LogP contribution in [0.1, 0.15) is 38.6 Å². The Bertz CT molecular complexity index is 1110. The van der Waals surface area contributed by atoms with Crippen molar-refractivity contribution in [3.63, 3.8) is 0 Å². The number of anilines is 2. The molecule has 1 amide bonds. The van der Waals surface area contributed by atoms with Crippen LogP contribution in [0.2, 0.25) is 0 Å². The first-order valence-corrected chi connectivity index (χ1v) is 10.8. The number of benzene rings is 2. The van der Waals surface area contributed by atoms with Crippen LogP contribution in [0.5, 0.6) is 0 Å². The van der Waals surface area contributed by atoms with Gasteiger partial charge in [-0.25, -0.2) is 4.79 Å². The fraction of sp³-hybridized carbons (Fsp3) is 0.375. The van der Waals surface area contributed by atoms with E-state index in [-0.39, 0.29) is 24.3 Å². The van der Waals surface area contributed by atoms with Crippen molar-refractivity contribution in [1.82, 2.24) is 15.1 Å². The Balaban J connectivity index is 1.70. The molecule has 2 N–H and O–H groups in total. The molecule has 0 atom stereocenters. The summed E-state index contributed by atoms with van der Waals surface area (Å²) in [6.45, 7) is 6.77. The first kappa shape index (κ1) is 25.1. The van der Waals surface area contributed by atoms with Crippen molar-refractivity contribution in [2.24, 2.45) is 5.41 Å². The van der Waals surface area contributed by atoms with Crippen molar-refractivity contribution in [2.45, 2.75) is 39.8 Å². The lowest BCUT2D eigenvalue weighted by molar-refractivity contribution is -0.137. The Morgan fingerprint density at radius 1 is 1.03 bits per heavy atom. The summed E-state index contributed by atoms with van der Waals surface area (Å²) >= 11 is 0. The van der Waals surface area contributed by atoms with E-state index in [9.17, 15) is 23.1 Å². The highest BCUT2D eigenvalue weighted by Gasteiger charge is 2.30. The van der Waals surface area contributed by atoms with Crippen molar-refractivity contribution in [1.29, 1.82) is 0 Å². The second-order valence-electron chi connectivity index (χ2n) is 9.08. The lowest BCUT2D eigenvalue weighted by Crippen LogP contribution is -2.34. The van der Waals surface area contributed by atoms with Gasteiger partial charge in [-0.2, -0.15) is 13.2 Å². The number of carbonyl (C=O) groups is 1. The monoisotopic (exact) mass is 476 g/mol. The average molecular weight is 476 g/mol. The van der Waals surface area contributed by atoms with Gasteiger partial charge in [0.15, 0.2) is 0 Å². The van der Waals surface area contributed by atoms with Crippen LogP contribution in [0, 0.1) is 5.41 Å². The normalized spacial score (nSPS) is 11.9. The molecule has 0 aliphatic carbocycles. The second-order valence-corrected chi connectivity index (χ2v) is 9.08. The predicted molar refractivity (Wildman–Crippen MR) is 122 cm³/mol. The summed E-state index contributed by atoms with van der Waals surface area (Å²) in [5.74, 6) is 0.517. The molecule has 0 saturated carbocycles. The molecule has 3 aromatic rings. The van der Waals surface area contributed by atoms with Crippen molar-refractivity contribution in [3.8, 4) is 11.5 Å². The summed E-state index contributed by atoms with van der Waals surface area (Å²) in [6, 6.07) is 11.7. The van der Waals surface area contributed by atoms with Gasteiger partial charge in [-0.1, -0.05) is 32.9 Å². The number of halogens is 3. The molecule has 0 radical (unpaired) electrons. The van der Waals surface area contributed by atoms with Crippen LogP contribution in [0.15, 0.2) is 52.9 Å². The Morgan fingerprint density at radius 3 is 2.32 bits per heavy atom. The number of hydrogen-bond donors (Lipinski definition) is 2. The van der Waals surface area contributed by atoms with Gasteiger partial charge in [0.2, 0.25) is 11.8 Å². The average Bonchev–Trinajstić information content (AvgIpc) is 3.21. The van der Waals surface area contributed by atoms with Crippen LogP contribution in [-0.2, 0) is 12.6 Å². The number of carboxylic acid groups (broad SMARTS) is 1. The molecule has 3 rings (SSSR count). The highest BCUT2D eigenvalue weighted by molar-refractivity contribution is 5.76. The first-order chi connectivity index (χ1) is 15.9. The van der Waals surface area contributed by atoms with Gasteiger partial charge in [-0.15, -0.1) is 10.2 Å². The Hall–Kier alpha value is -3.56. The van der Waals surface area contributed by atoms with Crippen molar-refractivity contribution in [3.05, 3.63) is 60.0 Å². The molecule has 10 heteroatoms. The third kappa shape index (κ3) is 6.97. The summed E-state index contributed by atoms with van der Waals surface area (Å²) < 4.78 is 44.2. The number of rotatable bonds is 8. The highest BCUT2D eigenvalue weighted by Crippen LogP contribution is 2.32. The first-order valence-electron chi connectivity index (χ1n) is 10.8. The summed E-state index contributed by atoms with van der Waals surface area (Å²) in [5, 5.41) is 20.6. The summed E-state index contributed by atoms with van der Waals surface area (Å²) in [7, 11) is 0. The van der Waals surface area contributed by atoms with Crippen LogP contribution in [-0.4, -0.2) is 39.4 Å². The molecule has 0 spiro atoms. The number of nitrogens with one attached hydrogen (secondary N) is 1. The van der Waals surface area contributed by atoms with Crippen LogP contribution in [0.3, 0.4) is 0 Å². The molecule has 0 aliphatic heterocycles. The predicted octanol–water partition coefficient (Wildman–Crippen LogP) is 6.46. The summed E-state index contributed by atoms with van der Waals surface area (Å²) in [4.78, 5) is 12.9. The van der Waals surface area contributed by atoms with E-state index in [1.807, 2.05) is 20.8 Å². The Kier molecular flexibility index (Phi) is 7.48. The molecule has 0 aliphatic rings. The van der Waals surface area contributed by atoms with Gasteiger partial charge in [0, 0.05) is 25.2 Å². The minimum absolute atomic E-state index is 0.00906. The molecule has 7 nitrogen and oxygen atoms in total. The topological polar surface area (TPSA) is 91.5 Å². The van der Waals surface area contributed by atoms with Crippen LogP contribution >= 0.6 is 0 Å². The van der Waals surface area contributed by atoms with Gasteiger partial charge in [0.05, 0.1) is 16.8 Å². The Morgan fingerprint density at radius 2 is 1.71 bits per heavy atom. The molecule has 1 aromatic heterocycles. The molecule has 0 saturated heterocycles. The molecule has 0 fully saturated rings. The maximum absolute atomic E-state index is 12.8. The van der Waals surface area contributed by atoms with E-state index in [1.165, 1.54) is 17.0 Å². The van der Waals surface area contributed by atoms with Crippen molar-refractivity contribution >= 4 is 17.5 Å². The minimum Gasteiger partial charge on any atom is -0.465 e. The van der Waals surface area contributed by atoms with Gasteiger partial charge < -0.3 is 19.7 Å².